The number of nitrogens with one attached hydrogen (secondary N) is 1. The van der Waals surface area contributed by atoms with E-state index in [2.05, 4.69) is 41.5 Å². The van der Waals surface area contributed by atoms with Crippen LogP contribution in [-0.4, -0.2) is 46.7 Å². The van der Waals surface area contributed by atoms with Crippen molar-refractivity contribution in [2.75, 3.05) is 26.0 Å². The van der Waals surface area contributed by atoms with Gasteiger partial charge in [0.2, 0.25) is 5.91 Å². The Bertz CT molecular complexity index is 642. The molecule has 0 atom stereocenters. The minimum absolute atomic E-state index is 0.0447. The lowest BCUT2D eigenvalue weighted by atomic mass is 10.1. The standard InChI is InChI=1S/C15H20N4O2S/c1-11-4-5-13(8-12(11)2)19-10-17-18-15(19)22-9-14(20)16-6-7-21-3/h4-5,8,10H,6-7,9H2,1-3H3,(H,16,20). The van der Waals surface area contributed by atoms with E-state index in [9.17, 15) is 4.79 Å². The second kappa shape index (κ2) is 7.95. The van der Waals surface area contributed by atoms with E-state index in [1.165, 1.54) is 22.9 Å². The highest BCUT2D eigenvalue weighted by atomic mass is 32.2. The molecule has 2 aromatic rings. The zero-order chi connectivity index (χ0) is 15.9. The molecule has 0 saturated heterocycles. The SMILES string of the molecule is COCCNC(=O)CSc1nncn1-c1ccc(C)c(C)c1. The Hall–Kier alpha value is -1.86. The van der Waals surface area contributed by atoms with Crippen LogP contribution in [0.5, 0.6) is 0 Å². The van der Waals surface area contributed by atoms with Crippen molar-refractivity contribution < 1.29 is 9.53 Å². The molecule has 0 fully saturated rings. The smallest absolute Gasteiger partial charge is 0.230 e. The zero-order valence-corrected chi connectivity index (χ0v) is 13.8. The van der Waals surface area contributed by atoms with E-state index in [1.807, 2.05) is 10.6 Å². The number of ether oxygens (including phenoxy) is 1. The van der Waals surface area contributed by atoms with E-state index in [4.69, 9.17) is 4.74 Å². The molecule has 0 radical (unpaired) electrons. The van der Waals surface area contributed by atoms with Crippen LogP contribution < -0.4 is 5.32 Å². The minimum Gasteiger partial charge on any atom is -0.383 e. The third-order valence-electron chi connectivity index (χ3n) is 3.25. The van der Waals surface area contributed by atoms with Crippen LogP contribution in [-0.2, 0) is 9.53 Å². The van der Waals surface area contributed by atoms with Gasteiger partial charge in [0.05, 0.1) is 12.4 Å². The first kappa shape index (κ1) is 16.5. The third-order valence-corrected chi connectivity index (χ3v) is 4.19. The first-order chi connectivity index (χ1) is 10.6. The first-order valence-electron chi connectivity index (χ1n) is 6.98. The summed E-state index contributed by atoms with van der Waals surface area (Å²) in [5.41, 5.74) is 3.44. The highest BCUT2D eigenvalue weighted by molar-refractivity contribution is 7.99. The molecule has 0 spiro atoms. The Labute approximate surface area is 134 Å². The average Bonchev–Trinajstić information content (AvgIpc) is 2.97. The molecule has 1 heterocycles. The van der Waals surface area contributed by atoms with Gasteiger partial charge >= 0.3 is 0 Å². The quantitative estimate of drug-likeness (QED) is 0.621. The molecule has 1 aromatic heterocycles. The number of aryl methyl sites for hydroxylation is 2. The van der Waals surface area contributed by atoms with Crippen molar-refractivity contribution in [3.8, 4) is 5.69 Å². The van der Waals surface area contributed by atoms with Crippen molar-refractivity contribution in [3.05, 3.63) is 35.7 Å². The summed E-state index contributed by atoms with van der Waals surface area (Å²) in [6.07, 6.45) is 1.66. The van der Waals surface area contributed by atoms with E-state index in [0.717, 1.165) is 5.69 Å². The lowest BCUT2D eigenvalue weighted by molar-refractivity contribution is -0.118. The summed E-state index contributed by atoms with van der Waals surface area (Å²) in [5.74, 6) is 0.254. The molecule has 7 heteroatoms. The molecule has 118 valence electrons. The number of methoxy groups -OCH3 is 1. The molecule has 2 rings (SSSR count). The van der Waals surface area contributed by atoms with Crippen LogP contribution in [0.2, 0.25) is 0 Å². The second-order valence-electron chi connectivity index (χ2n) is 4.88. The topological polar surface area (TPSA) is 69.0 Å². The number of thioether (sulfide) groups is 1. The van der Waals surface area contributed by atoms with Gasteiger partial charge in [-0.25, -0.2) is 0 Å². The average molecular weight is 320 g/mol. The van der Waals surface area contributed by atoms with Crippen LogP contribution in [0.4, 0.5) is 0 Å². The van der Waals surface area contributed by atoms with Gasteiger partial charge in [0.15, 0.2) is 5.16 Å². The normalized spacial score (nSPS) is 10.7. The largest absolute Gasteiger partial charge is 0.383 e. The highest BCUT2D eigenvalue weighted by Gasteiger charge is 2.10. The van der Waals surface area contributed by atoms with E-state index in [1.54, 1.807) is 13.4 Å². The molecule has 0 saturated carbocycles. The molecular formula is C15H20N4O2S. The summed E-state index contributed by atoms with van der Waals surface area (Å²) in [6, 6.07) is 6.17. The number of aromatic nitrogens is 3. The van der Waals surface area contributed by atoms with Crippen LogP contribution in [0.1, 0.15) is 11.1 Å². The summed E-state index contributed by atoms with van der Waals surface area (Å²) in [6.45, 7) is 5.17. The lowest BCUT2D eigenvalue weighted by Crippen LogP contribution is -2.28. The minimum atomic E-state index is -0.0447. The van der Waals surface area contributed by atoms with E-state index in [-0.39, 0.29) is 5.91 Å². The van der Waals surface area contributed by atoms with Gasteiger partial charge in [0.1, 0.15) is 6.33 Å². The molecule has 6 nitrogen and oxygen atoms in total. The summed E-state index contributed by atoms with van der Waals surface area (Å²) in [4.78, 5) is 11.7. The first-order valence-corrected chi connectivity index (χ1v) is 7.96. The number of carbonyl (C=O) groups is 1. The van der Waals surface area contributed by atoms with Gasteiger partial charge in [-0.05, 0) is 37.1 Å². The van der Waals surface area contributed by atoms with Crippen LogP contribution in [0.25, 0.3) is 5.69 Å². The molecular weight excluding hydrogens is 300 g/mol. The number of hydrogen-bond acceptors (Lipinski definition) is 5. The number of amides is 1. The Morgan fingerprint density at radius 2 is 2.18 bits per heavy atom. The Balaban J connectivity index is 2.00. The third kappa shape index (κ3) is 4.32. The summed E-state index contributed by atoms with van der Waals surface area (Å²) < 4.78 is 6.78. The van der Waals surface area contributed by atoms with Gasteiger partial charge in [-0.3, -0.25) is 9.36 Å². The van der Waals surface area contributed by atoms with Gasteiger partial charge in [0.25, 0.3) is 0 Å². The van der Waals surface area contributed by atoms with Gasteiger partial charge in [-0.15, -0.1) is 10.2 Å². The molecule has 0 aliphatic heterocycles. The highest BCUT2D eigenvalue weighted by Crippen LogP contribution is 2.21. The van der Waals surface area contributed by atoms with Crippen molar-refractivity contribution in [3.63, 3.8) is 0 Å². The van der Waals surface area contributed by atoms with Crippen molar-refractivity contribution >= 4 is 17.7 Å². The summed E-state index contributed by atoms with van der Waals surface area (Å²) >= 11 is 1.36. The Morgan fingerprint density at radius 1 is 1.36 bits per heavy atom. The maximum absolute atomic E-state index is 11.7. The van der Waals surface area contributed by atoms with Crippen molar-refractivity contribution in [2.45, 2.75) is 19.0 Å². The van der Waals surface area contributed by atoms with Gasteiger partial charge in [-0.2, -0.15) is 0 Å². The molecule has 1 amide bonds. The van der Waals surface area contributed by atoms with E-state index in [0.29, 0.717) is 24.1 Å². The molecule has 1 aromatic carbocycles. The van der Waals surface area contributed by atoms with Gasteiger partial charge < -0.3 is 10.1 Å². The fourth-order valence-corrected chi connectivity index (χ4v) is 2.61. The monoisotopic (exact) mass is 320 g/mol. The molecule has 0 bridgehead atoms. The van der Waals surface area contributed by atoms with Crippen LogP contribution >= 0.6 is 11.8 Å². The number of carbonyl (C=O) groups excluding carboxylic acids is 1. The van der Waals surface area contributed by atoms with Crippen LogP contribution in [0.3, 0.4) is 0 Å². The number of hydrogen-bond donors (Lipinski definition) is 1. The second-order valence-corrected chi connectivity index (χ2v) is 5.83. The fourth-order valence-electron chi connectivity index (χ4n) is 1.85. The number of benzene rings is 1. The van der Waals surface area contributed by atoms with Crippen molar-refractivity contribution in [1.82, 2.24) is 20.1 Å². The maximum atomic E-state index is 11.7. The molecule has 22 heavy (non-hydrogen) atoms. The van der Waals surface area contributed by atoms with Crippen LogP contribution in [0, 0.1) is 13.8 Å². The molecule has 0 unspecified atom stereocenters. The maximum Gasteiger partial charge on any atom is 0.230 e. The summed E-state index contributed by atoms with van der Waals surface area (Å²) in [7, 11) is 1.60. The zero-order valence-electron chi connectivity index (χ0n) is 13.0. The van der Waals surface area contributed by atoms with Crippen molar-refractivity contribution in [1.29, 1.82) is 0 Å². The van der Waals surface area contributed by atoms with E-state index >= 15 is 0 Å². The molecule has 1 N–H and O–H groups in total. The molecule has 0 aliphatic carbocycles. The Kier molecular flexibility index (Phi) is 5.97. The predicted molar refractivity (Wildman–Crippen MR) is 86.4 cm³/mol. The van der Waals surface area contributed by atoms with Crippen molar-refractivity contribution in [2.24, 2.45) is 0 Å². The number of rotatable bonds is 7. The van der Waals surface area contributed by atoms with Crippen LogP contribution in [0.15, 0.2) is 29.7 Å². The Morgan fingerprint density at radius 3 is 2.91 bits per heavy atom. The van der Waals surface area contributed by atoms with Gasteiger partial charge in [0, 0.05) is 19.3 Å². The fraction of sp³-hybridized carbons (Fsp3) is 0.400. The summed E-state index contributed by atoms with van der Waals surface area (Å²) in [5, 5.41) is 11.5. The number of nitrogens with zero attached hydrogens (tertiary/aromatic N) is 3. The molecule has 0 aliphatic rings. The predicted octanol–water partition coefficient (Wildman–Crippen LogP) is 1.74. The van der Waals surface area contributed by atoms with E-state index < -0.39 is 0 Å². The lowest BCUT2D eigenvalue weighted by Gasteiger charge is -2.08. The van der Waals surface area contributed by atoms with Gasteiger partial charge in [-0.1, -0.05) is 17.8 Å².